The number of carbonyl (C=O) groups is 1. The molecule has 1 rings (SSSR count). The number of benzene rings is 1. The Morgan fingerprint density at radius 1 is 1.29 bits per heavy atom. The van der Waals surface area contributed by atoms with E-state index in [9.17, 15) is 17.6 Å². The van der Waals surface area contributed by atoms with E-state index in [1.54, 1.807) is 6.92 Å². The monoisotopic (exact) mass is 360 g/mol. The lowest BCUT2D eigenvalue weighted by molar-refractivity contribution is -0.121. The maximum atomic E-state index is 12.9. The fraction of sp³-hybridized carbons (Fsp3) is 0.562. The zero-order valence-corrected chi connectivity index (χ0v) is 15.1. The molecule has 0 bridgehead atoms. The lowest BCUT2D eigenvalue weighted by Gasteiger charge is -2.20. The number of hydrogen-bond donors (Lipinski definition) is 1. The summed E-state index contributed by atoms with van der Waals surface area (Å²) in [7, 11) is -3.83. The zero-order valence-electron chi connectivity index (χ0n) is 14.3. The molecule has 0 spiro atoms. The number of nitrogens with zero attached hydrogens (tertiary/aromatic N) is 1. The van der Waals surface area contributed by atoms with Crippen molar-refractivity contribution in [3.8, 4) is 0 Å². The Hall–Kier alpha value is -1.51. The second-order valence-corrected chi connectivity index (χ2v) is 7.45. The molecule has 0 saturated carbocycles. The number of halogens is 1. The van der Waals surface area contributed by atoms with Gasteiger partial charge in [-0.05, 0) is 44.5 Å². The van der Waals surface area contributed by atoms with Gasteiger partial charge in [-0.3, -0.25) is 4.79 Å². The summed E-state index contributed by atoms with van der Waals surface area (Å²) < 4.78 is 44.3. The summed E-state index contributed by atoms with van der Waals surface area (Å²) >= 11 is 0. The highest BCUT2D eigenvalue weighted by Gasteiger charge is 2.25. The predicted octanol–water partition coefficient (Wildman–Crippen LogP) is 1.77. The van der Waals surface area contributed by atoms with Crippen molar-refractivity contribution in [1.29, 1.82) is 0 Å². The highest BCUT2D eigenvalue weighted by Crippen LogP contribution is 2.15. The van der Waals surface area contributed by atoms with Crippen LogP contribution in [0.4, 0.5) is 4.39 Å². The molecule has 1 aromatic carbocycles. The van der Waals surface area contributed by atoms with Crippen LogP contribution in [0.5, 0.6) is 0 Å². The molecule has 0 aliphatic carbocycles. The molecule has 6 nitrogen and oxygen atoms in total. The third kappa shape index (κ3) is 6.54. The van der Waals surface area contributed by atoms with E-state index in [0.29, 0.717) is 19.6 Å². The van der Waals surface area contributed by atoms with Gasteiger partial charge >= 0.3 is 0 Å². The molecule has 1 aromatic rings. The molecule has 0 atom stereocenters. The average molecular weight is 360 g/mol. The van der Waals surface area contributed by atoms with Crippen molar-refractivity contribution >= 4 is 15.9 Å². The van der Waals surface area contributed by atoms with Crippen LogP contribution in [-0.4, -0.2) is 51.0 Å². The van der Waals surface area contributed by atoms with Crippen molar-refractivity contribution in [2.75, 3.05) is 26.2 Å². The SMILES string of the molecule is CCN(CC(=O)NCCCOC(C)C)S(=O)(=O)c1ccc(F)cc1. The quantitative estimate of drug-likeness (QED) is 0.645. The summed E-state index contributed by atoms with van der Waals surface area (Å²) in [6, 6.07) is 4.54. The first-order valence-electron chi connectivity index (χ1n) is 7.91. The molecule has 0 unspecified atom stereocenters. The minimum atomic E-state index is -3.83. The van der Waals surface area contributed by atoms with Gasteiger partial charge in [0.05, 0.1) is 17.5 Å². The standard InChI is InChI=1S/C16H25FN2O4S/c1-4-19(12-16(20)18-10-5-11-23-13(2)3)24(21,22)15-8-6-14(17)7-9-15/h6-9,13H,4-5,10-12H2,1-3H3,(H,18,20). The Kier molecular flexibility index (Phi) is 8.30. The number of hydrogen-bond acceptors (Lipinski definition) is 4. The van der Waals surface area contributed by atoms with Crippen LogP contribution in [-0.2, 0) is 19.6 Å². The minimum Gasteiger partial charge on any atom is -0.379 e. The van der Waals surface area contributed by atoms with Gasteiger partial charge in [0, 0.05) is 19.7 Å². The molecule has 1 N–H and O–H groups in total. The van der Waals surface area contributed by atoms with Crippen LogP contribution in [0.25, 0.3) is 0 Å². The Morgan fingerprint density at radius 2 is 1.92 bits per heavy atom. The fourth-order valence-electron chi connectivity index (χ4n) is 1.96. The Morgan fingerprint density at radius 3 is 2.46 bits per heavy atom. The fourth-order valence-corrected chi connectivity index (χ4v) is 3.36. The van der Waals surface area contributed by atoms with Gasteiger partial charge in [0.1, 0.15) is 5.82 Å². The van der Waals surface area contributed by atoms with E-state index < -0.39 is 15.8 Å². The maximum absolute atomic E-state index is 12.9. The van der Waals surface area contributed by atoms with Gasteiger partial charge in [0.2, 0.25) is 15.9 Å². The van der Waals surface area contributed by atoms with Crippen molar-refractivity contribution in [2.45, 2.75) is 38.2 Å². The first kappa shape index (κ1) is 20.5. The van der Waals surface area contributed by atoms with Crippen molar-refractivity contribution in [3.05, 3.63) is 30.1 Å². The van der Waals surface area contributed by atoms with Crippen LogP contribution in [0.1, 0.15) is 27.2 Å². The first-order valence-corrected chi connectivity index (χ1v) is 9.35. The number of rotatable bonds is 10. The second kappa shape index (κ2) is 9.71. The largest absolute Gasteiger partial charge is 0.379 e. The molecule has 0 aliphatic heterocycles. The van der Waals surface area contributed by atoms with E-state index in [0.717, 1.165) is 16.4 Å². The number of ether oxygens (including phenoxy) is 1. The van der Waals surface area contributed by atoms with E-state index in [2.05, 4.69) is 5.32 Å². The smallest absolute Gasteiger partial charge is 0.243 e. The second-order valence-electron chi connectivity index (χ2n) is 5.51. The van der Waals surface area contributed by atoms with E-state index in [4.69, 9.17) is 4.74 Å². The summed E-state index contributed by atoms with van der Waals surface area (Å²) in [6.07, 6.45) is 0.790. The Labute approximate surface area is 143 Å². The third-order valence-corrected chi connectivity index (χ3v) is 5.15. The normalized spacial score (nSPS) is 11.9. The molecule has 1 amide bonds. The van der Waals surface area contributed by atoms with Crippen LogP contribution < -0.4 is 5.32 Å². The molecule has 0 radical (unpaired) electrons. The van der Waals surface area contributed by atoms with E-state index in [1.165, 1.54) is 12.1 Å². The van der Waals surface area contributed by atoms with E-state index in [-0.39, 0.29) is 30.0 Å². The number of amides is 1. The van der Waals surface area contributed by atoms with Gasteiger partial charge in [0.15, 0.2) is 0 Å². The molecule has 8 heteroatoms. The summed E-state index contributed by atoms with van der Waals surface area (Å²) in [5.41, 5.74) is 0. The van der Waals surface area contributed by atoms with E-state index in [1.807, 2.05) is 13.8 Å². The molecule has 136 valence electrons. The molecular formula is C16H25FN2O4S. The highest BCUT2D eigenvalue weighted by molar-refractivity contribution is 7.89. The number of carbonyl (C=O) groups excluding carboxylic acids is 1. The van der Waals surface area contributed by atoms with Gasteiger partial charge < -0.3 is 10.1 Å². The lowest BCUT2D eigenvalue weighted by atomic mass is 10.4. The Bertz CT molecular complexity index is 617. The van der Waals surface area contributed by atoms with Crippen LogP contribution >= 0.6 is 0 Å². The van der Waals surface area contributed by atoms with Crippen LogP contribution in [0, 0.1) is 5.82 Å². The third-order valence-electron chi connectivity index (χ3n) is 3.22. The van der Waals surface area contributed by atoms with Crippen molar-refractivity contribution < 1.29 is 22.3 Å². The molecule has 0 aliphatic rings. The number of likely N-dealkylation sites (N-methyl/N-ethyl adjacent to an activating group) is 1. The van der Waals surface area contributed by atoms with Crippen LogP contribution in [0.3, 0.4) is 0 Å². The summed E-state index contributed by atoms with van der Waals surface area (Å²) in [4.78, 5) is 11.9. The predicted molar refractivity (Wildman–Crippen MR) is 89.5 cm³/mol. The van der Waals surface area contributed by atoms with Crippen LogP contribution in [0.15, 0.2) is 29.2 Å². The van der Waals surface area contributed by atoms with Gasteiger partial charge in [0.25, 0.3) is 0 Å². The molecule has 24 heavy (non-hydrogen) atoms. The molecular weight excluding hydrogens is 335 g/mol. The van der Waals surface area contributed by atoms with Crippen LogP contribution in [0.2, 0.25) is 0 Å². The van der Waals surface area contributed by atoms with Crippen molar-refractivity contribution in [2.24, 2.45) is 0 Å². The zero-order chi connectivity index (χ0) is 18.2. The van der Waals surface area contributed by atoms with E-state index >= 15 is 0 Å². The molecule has 0 saturated heterocycles. The highest BCUT2D eigenvalue weighted by atomic mass is 32.2. The first-order chi connectivity index (χ1) is 11.3. The number of nitrogens with one attached hydrogen (secondary N) is 1. The summed E-state index contributed by atoms with van der Waals surface area (Å²) in [5.74, 6) is -0.898. The van der Waals surface area contributed by atoms with Gasteiger partial charge in [-0.1, -0.05) is 6.92 Å². The molecule has 0 fully saturated rings. The topological polar surface area (TPSA) is 75.7 Å². The van der Waals surface area contributed by atoms with Gasteiger partial charge in [-0.25, -0.2) is 12.8 Å². The van der Waals surface area contributed by atoms with Crippen molar-refractivity contribution in [3.63, 3.8) is 0 Å². The Balaban J connectivity index is 2.56. The lowest BCUT2D eigenvalue weighted by Crippen LogP contribution is -2.41. The average Bonchev–Trinajstić information content (AvgIpc) is 2.52. The van der Waals surface area contributed by atoms with Gasteiger partial charge in [-0.2, -0.15) is 4.31 Å². The minimum absolute atomic E-state index is 0.0381. The maximum Gasteiger partial charge on any atom is 0.243 e. The summed E-state index contributed by atoms with van der Waals surface area (Å²) in [5, 5.41) is 2.67. The van der Waals surface area contributed by atoms with Gasteiger partial charge in [-0.15, -0.1) is 0 Å². The summed E-state index contributed by atoms with van der Waals surface area (Å²) in [6.45, 7) is 6.31. The molecule has 0 aromatic heterocycles. The van der Waals surface area contributed by atoms with Crippen molar-refractivity contribution in [1.82, 2.24) is 9.62 Å². The number of sulfonamides is 1. The molecule has 0 heterocycles.